The van der Waals surface area contributed by atoms with Gasteiger partial charge in [-0.15, -0.1) is 16.7 Å². The first-order valence-electron chi connectivity index (χ1n) is 5.35. The summed E-state index contributed by atoms with van der Waals surface area (Å²) in [6, 6.07) is 2.00. The zero-order valence-corrected chi connectivity index (χ0v) is 10.1. The molecule has 0 saturated heterocycles. The van der Waals surface area contributed by atoms with Gasteiger partial charge in [-0.2, -0.15) is 5.10 Å². The normalized spacial score (nSPS) is 12.5. The molecule has 3 nitrogen and oxygen atoms in total. The minimum atomic E-state index is 0.616. The van der Waals surface area contributed by atoms with Gasteiger partial charge in [-0.25, -0.2) is 0 Å². The Morgan fingerprint density at radius 1 is 1.53 bits per heavy atom. The first-order chi connectivity index (χ1) is 7.26. The first kappa shape index (κ1) is 12.2. The Balaban J connectivity index is 2.41. The van der Waals surface area contributed by atoms with Crippen molar-refractivity contribution in [1.82, 2.24) is 10.2 Å². The lowest BCUT2D eigenvalue weighted by atomic mass is 10.0. The maximum Gasteiger partial charge on any atom is 0.148 e. The topological polar surface area (TPSA) is 37.8 Å². The van der Waals surface area contributed by atoms with Crippen LogP contribution in [0.25, 0.3) is 0 Å². The van der Waals surface area contributed by atoms with Crippen molar-refractivity contribution in [3.63, 3.8) is 0 Å². The minimum absolute atomic E-state index is 0.616. The number of hydrogen-bond donors (Lipinski definition) is 1. The van der Waals surface area contributed by atoms with Gasteiger partial charge in [0.2, 0.25) is 0 Å². The highest BCUT2D eigenvalue weighted by Crippen LogP contribution is 2.11. The number of nitrogens with zero attached hydrogens (tertiary/aromatic N) is 2. The lowest BCUT2D eigenvalue weighted by Gasteiger charge is -2.14. The Morgan fingerprint density at radius 3 is 2.93 bits per heavy atom. The van der Waals surface area contributed by atoms with E-state index in [-0.39, 0.29) is 0 Å². The maximum absolute atomic E-state index is 5.73. The van der Waals surface area contributed by atoms with Crippen molar-refractivity contribution in [3.8, 4) is 0 Å². The first-order valence-corrected chi connectivity index (χ1v) is 5.89. The van der Waals surface area contributed by atoms with E-state index in [1.807, 2.05) is 13.0 Å². The van der Waals surface area contributed by atoms with Gasteiger partial charge in [0.15, 0.2) is 0 Å². The quantitative estimate of drug-likeness (QED) is 0.760. The van der Waals surface area contributed by atoms with Crippen molar-refractivity contribution < 1.29 is 0 Å². The molecule has 1 atom stereocenters. The number of aromatic nitrogens is 2. The van der Waals surface area contributed by atoms with E-state index in [2.05, 4.69) is 22.4 Å². The van der Waals surface area contributed by atoms with Crippen molar-refractivity contribution in [2.45, 2.75) is 26.7 Å². The highest BCUT2D eigenvalue weighted by Gasteiger charge is 2.05. The second-order valence-electron chi connectivity index (χ2n) is 3.75. The average Bonchev–Trinajstić information content (AvgIpc) is 2.24. The summed E-state index contributed by atoms with van der Waals surface area (Å²) in [6.07, 6.45) is 3.94. The van der Waals surface area contributed by atoms with Gasteiger partial charge in [-0.3, -0.25) is 0 Å². The van der Waals surface area contributed by atoms with E-state index in [1.54, 1.807) is 6.20 Å². The molecule has 0 aliphatic carbocycles. The van der Waals surface area contributed by atoms with E-state index in [4.69, 9.17) is 11.6 Å². The van der Waals surface area contributed by atoms with E-state index in [9.17, 15) is 0 Å². The zero-order chi connectivity index (χ0) is 11.1. The Labute approximate surface area is 96.2 Å². The fourth-order valence-electron chi connectivity index (χ4n) is 1.40. The van der Waals surface area contributed by atoms with Crippen LogP contribution in [0.1, 0.15) is 25.3 Å². The largest absolute Gasteiger partial charge is 0.368 e. The van der Waals surface area contributed by atoms with Gasteiger partial charge in [0.05, 0.1) is 6.20 Å². The number of hydrogen-bond acceptors (Lipinski definition) is 3. The molecule has 0 fully saturated rings. The molecule has 1 aromatic heterocycles. The zero-order valence-electron chi connectivity index (χ0n) is 9.33. The maximum atomic E-state index is 5.73. The predicted molar refractivity (Wildman–Crippen MR) is 64.4 cm³/mol. The summed E-state index contributed by atoms with van der Waals surface area (Å²) in [7, 11) is 0. The molecule has 0 bridgehead atoms. The lowest BCUT2D eigenvalue weighted by molar-refractivity contribution is 0.521. The third kappa shape index (κ3) is 4.47. The van der Waals surface area contributed by atoms with Crippen LogP contribution < -0.4 is 5.32 Å². The molecule has 4 heteroatoms. The Bertz CT molecular complexity index is 291. The Hall–Kier alpha value is -0.830. The van der Waals surface area contributed by atoms with Crippen LogP contribution in [-0.2, 0) is 0 Å². The number of nitrogens with one attached hydrogen (secondary N) is 1. The van der Waals surface area contributed by atoms with Crippen molar-refractivity contribution in [2.75, 3.05) is 17.7 Å². The molecule has 0 saturated carbocycles. The van der Waals surface area contributed by atoms with Crippen molar-refractivity contribution in [3.05, 3.63) is 17.8 Å². The standard InChI is InChI=1S/C11H18ClN3/c1-3-10(4-5-12)8-13-11-6-9(2)7-14-15-11/h6-7,10H,3-5,8H2,1-2H3,(H,13,15). The molecule has 1 rings (SSSR count). The highest BCUT2D eigenvalue weighted by atomic mass is 35.5. The molecule has 0 aromatic carbocycles. The monoisotopic (exact) mass is 227 g/mol. The van der Waals surface area contributed by atoms with Crippen molar-refractivity contribution in [2.24, 2.45) is 5.92 Å². The van der Waals surface area contributed by atoms with Crippen molar-refractivity contribution in [1.29, 1.82) is 0 Å². The number of anilines is 1. The van der Waals surface area contributed by atoms with Crippen LogP contribution in [0.3, 0.4) is 0 Å². The van der Waals surface area contributed by atoms with Gasteiger partial charge in [0.1, 0.15) is 5.82 Å². The van der Waals surface area contributed by atoms with E-state index < -0.39 is 0 Å². The highest BCUT2D eigenvalue weighted by molar-refractivity contribution is 6.17. The van der Waals surface area contributed by atoms with Gasteiger partial charge in [-0.05, 0) is 30.9 Å². The second kappa shape index (κ2) is 6.62. The van der Waals surface area contributed by atoms with Gasteiger partial charge in [0, 0.05) is 12.4 Å². The molecule has 0 aliphatic heterocycles. The van der Waals surface area contributed by atoms with Crippen molar-refractivity contribution >= 4 is 17.4 Å². The molecule has 84 valence electrons. The van der Waals surface area contributed by atoms with Crippen LogP contribution in [0.2, 0.25) is 0 Å². The molecule has 15 heavy (non-hydrogen) atoms. The lowest BCUT2D eigenvalue weighted by Crippen LogP contribution is -2.15. The number of rotatable bonds is 6. The number of halogens is 1. The predicted octanol–water partition coefficient (Wildman–Crippen LogP) is 2.85. The summed E-state index contributed by atoms with van der Waals surface area (Å²) in [6.45, 7) is 5.11. The molecule has 0 radical (unpaired) electrons. The van der Waals surface area contributed by atoms with Gasteiger partial charge in [-0.1, -0.05) is 13.3 Å². The molecule has 1 N–H and O–H groups in total. The molecule has 1 unspecified atom stereocenters. The fraction of sp³-hybridized carbons (Fsp3) is 0.636. The van der Waals surface area contributed by atoms with E-state index in [0.29, 0.717) is 5.92 Å². The van der Waals surface area contributed by atoms with Crippen LogP contribution in [0.4, 0.5) is 5.82 Å². The van der Waals surface area contributed by atoms with Gasteiger partial charge in [0.25, 0.3) is 0 Å². The third-order valence-corrected chi connectivity index (χ3v) is 2.68. The smallest absolute Gasteiger partial charge is 0.148 e. The second-order valence-corrected chi connectivity index (χ2v) is 4.13. The van der Waals surface area contributed by atoms with E-state index in [1.165, 1.54) is 0 Å². The summed E-state index contributed by atoms with van der Waals surface area (Å²) in [5.41, 5.74) is 1.12. The molecule has 0 spiro atoms. The summed E-state index contributed by atoms with van der Waals surface area (Å²) in [5, 5.41) is 11.2. The number of alkyl halides is 1. The molecular weight excluding hydrogens is 210 g/mol. The molecule has 1 heterocycles. The SMILES string of the molecule is CCC(CCCl)CNc1cc(C)cnn1. The summed E-state index contributed by atoms with van der Waals surface area (Å²) in [4.78, 5) is 0. The van der Waals surface area contributed by atoms with Crippen LogP contribution in [0.15, 0.2) is 12.3 Å². The summed E-state index contributed by atoms with van der Waals surface area (Å²) in [5.74, 6) is 2.19. The van der Waals surface area contributed by atoms with Crippen LogP contribution in [0.5, 0.6) is 0 Å². The summed E-state index contributed by atoms with van der Waals surface area (Å²) >= 11 is 5.73. The van der Waals surface area contributed by atoms with Crippen LogP contribution in [-0.4, -0.2) is 22.6 Å². The van der Waals surface area contributed by atoms with Crippen LogP contribution in [0, 0.1) is 12.8 Å². The molecule has 0 amide bonds. The van der Waals surface area contributed by atoms with E-state index >= 15 is 0 Å². The van der Waals surface area contributed by atoms with Gasteiger partial charge >= 0.3 is 0 Å². The number of aryl methyl sites for hydroxylation is 1. The van der Waals surface area contributed by atoms with Crippen LogP contribution >= 0.6 is 11.6 Å². The van der Waals surface area contributed by atoms with Gasteiger partial charge < -0.3 is 5.32 Å². The molecule has 1 aromatic rings. The minimum Gasteiger partial charge on any atom is -0.368 e. The molecular formula is C11H18ClN3. The third-order valence-electron chi connectivity index (χ3n) is 2.46. The average molecular weight is 228 g/mol. The summed E-state index contributed by atoms with van der Waals surface area (Å²) < 4.78 is 0. The molecule has 0 aliphatic rings. The van der Waals surface area contributed by atoms with E-state index in [0.717, 1.165) is 36.6 Å². The fourth-order valence-corrected chi connectivity index (χ4v) is 1.71. The Morgan fingerprint density at radius 2 is 2.33 bits per heavy atom. The Kier molecular flexibility index (Phi) is 5.40.